The Morgan fingerprint density at radius 3 is 3.14 bits per heavy atom. The van der Waals surface area contributed by atoms with Crippen LogP contribution in [0.3, 0.4) is 0 Å². The Labute approximate surface area is 93.1 Å². The third-order valence-electron chi connectivity index (χ3n) is 2.13. The fraction of sp³-hybridized carbons (Fsp3) is 0.556. The van der Waals surface area contributed by atoms with Gasteiger partial charge in [0, 0.05) is 18.5 Å². The lowest BCUT2D eigenvalue weighted by Gasteiger charge is -2.19. The van der Waals surface area contributed by atoms with Crippen LogP contribution in [0.25, 0.3) is 0 Å². The zero-order valence-corrected chi connectivity index (χ0v) is 9.70. The van der Waals surface area contributed by atoms with Crippen LogP contribution in [0, 0.1) is 0 Å². The lowest BCUT2D eigenvalue weighted by molar-refractivity contribution is 0.482. The molecule has 76 valence electrons. The fourth-order valence-electron chi connectivity index (χ4n) is 1.14. The van der Waals surface area contributed by atoms with Crippen molar-refractivity contribution in [1.82, 2.24) is 15.2 Å². The Morgan fingerprint density at radius 2 is 2.57 bits per heavy atom. The van der Waals surface area contributed by atoms with Crippen molar-refractivity contribution in [3.63, 3.8) is 0 Å². The highest BCUT2D eigenvalue weighted by Gasteiger charge is 2.22. The summed E-state index contributed by atoms with van der Waals surface area (Å²) in [4.78, 5) is 6.25. The molecule has 1 aliphatic carbocycles. The number of nitrogens with zero attached hydrogens (tertiary/aromatic N) is 2. The highest BCUT2D eigenvalue weighted by Crippen LogP contribution is 2.19. The van der Waals surface area contributed by atoms with Gasteiger partial charge >= 0.3 is 0 Å². The Balaban J connectivity index is 1.81. The third kappa shape index (κ3) is 2.65. The van der Waals surface area contributed by atoms with E-state index in [9.17, 15) is 0 Å². The van der Waals surface area contributed by atoms with Gasteiger partial charge in [0.25, 0.3) is 0 Å². The molecule has 1 heterocycles. The standard InChI is InChI=1S/C9H13N3S2/c1-12(4-8-5-14-6-10-8)9(13)11-7-2-3-7/h5-7H,2-4H2,1H3,(H,11,13). The van der Waals surface area contributed by atoms with E-state index in [1.54, 1.807) is 11.3 Å². The van der Waals surface area contributed by atoms with E-state index < -0.39 is 0 Å². The Morgan fingerprint density at radius 1 is 1.79 bits per heavy atom. The fourth-order valence-corrected chi connectivity index (χ4v) is 1.92. The van der Waals surface area contributed by atoms with Crippen molar-refractivity contribution >= 4 is 28.7 Å². The second-order valence-corrected chi connectivity index (χ2v) is 4.66. The molecule has 0 spiro atoms. The number of aromatic nitrogens is 1. The lowest BCUT2D eigenvalue weighted by atomic mass is 10.4. The highest BCUT2D eigenvalue weighted by molar-refractivity contribution is 7.80. The van der Waals surface area contributed by atoms with Crippen LogP contribution in [0.15, 0.2) is 10.9 Å². The van der Waals surface area contributed by atoms with Gasteiger partial charge in [0.1, 0.15) is 0 Å². The molecule has 1 fully saturated rings. The lowest BCUT2D eigenvalue weighted by Crippen LogP contribution is -2.37. The van der Waals surface area contributed by atoms with Crippen LogP contribution in [0.5, 0.6) is 0 Å². The summed E-state index contributed by atoms with van der Waals surface area (Å²) in [6, 6.07) is 0.625. The highest BCUT2D eigenvalue weighted by atomic mass is 32.1. The van der Waals surface area contributed by atoms with Gasteiger partial charge in [-0.1, -0.05) is 0 Å². The van der Waals surface area contributed by atoms with Crippen LogP contribution in [-0.2, 0) is 6.54 Å². The van der Waals surface area contributed by atoms with Gasteiger partial charge < -0.3 is 10.2 Å². The van der Waals surface area contributed by atoms with Crippen LogP contribution >= 0.6 is 23.6 Å². The maximum Gasteiger partial charge on any atom is 0.169 e. The number of rotatable bonds is 3. The van der Waals surface area contributed by atoms with Crippen LogP contribution in [0.1, 0.15) is 18.5 Å². The molecular weight excluding hydrogens is 214 g/mol. The van der Waals surface area contributed by atoms with E-state index in [4.69, 9.17) is 12.2 Å². The zero-order valence-electron chi connectivity index (χ0n) is 8.06. The average molecular weight is 227 g/mol. The third-order valence-corrected chi connectivity index (χ3v) is 3.20. The second kappa shape index (κ2) is 4.23. The van der Waals surface area contributed by atoms with Crippen molar-refractivity contribution < 1.29 is 0 Å². The molecule has 0 bridgehead atoms. The quantitative estimate of drug-likeness (QED) is 0.794. The predicted octanol–water partition coefficient (Wildman–Crippen LogP) is 1.61. The first-order valence-corrected chi connectivity index (χ1v) is 5.99. The summed E-state index contributed by atoms with van der Waals surface area (Å²) in [6.45, 7) is 0.794. The zero-order chi connectivity index (χ0) is 9.97. The maximum atomic E-state index is 5.26. The first-order chi connectivity index (χ1) is 6.75. The SMILES string of the molecule is CN(Cc1cscn1)C(=S)NC1CC1. The summed E-state index contributed by atoms with van der Waals surface area (Å²) < 4.78 is 0. The van der Waals surface area contributed by atoms with Gasteiger partial charge in [-0.05, 0) is 25.1 Å². The van der Waals surface area contributed by atoms with Crippen molar-refractivity contribution in [3.8, 4) is 0 Å². The van der Waals surface area contributed by atoms with E-state index in [0.717, 1.165) is 17.4 Å². The molecule has 0 saturated heterocycles. The smallest absolute Gasteiger partial charge is 0.169 e. The van der Waals surface area contributed by atoms with Crippen LogP contribution in [0.4, 0.5) is 0 Å². The topological polar surface area (TPSA) is 28.2 Å². The van der Waals surface area contributed by atoms with Crippen molar-refractivity contribution in [3.05, 3.63) is 16.6 Å². The van der Waals surface area contributed by atoms with Crippen molar-refractivity contribution in [1.29, 1.82) is 0 Å². The van der Waals surface area contributed by atoms with Crippen LogP contribution in [0.2, 0.25) is 0 Å². The van der Waals surface area contributed by atoms with Crippen LogP contribution in [-0.4, -0.2) is 28.1 Å². The predicted molar refractivity (Wildman–Crippen MR) is 62.3 cm³/mol. The molecule has 0 amide bonds. The molecule has 0 unspecified atom stereocenters. The van der Waals surface area contributed by atoms with Gasteiger partial charge in [-0.2, -0.15) is 0 Å². The molecule has 1 aromatic heterocycles. The van der Waals surface area contributed by atoms with Gasteiger partial charge in [0.05, 0.1) is 17.7 Å². The van der Waals surface area contributed by atoms with E-state index in [-0.39, 0.29) is 0 Å². The minimum atomic E-state index is 0.625. The van der Waals surface area contributed by atoms with Crippen molar-refractivity contribution in [2.24, 2.45) is 0 Å². The number of thiocarbonyl (C=S) groups is 1. The molecule has 0 radical (unpaired) electrons. The molecule has 14 heavy (non-hydrogen) atoms. The second-order valence-electron chi connectivity index (χ2n) is 3.56. The Hall–Kier alpha value is -0.680. The normalized spacial score (nSPS) is 15.2. The largest absolute Gasteiger partial charge is 0.360 e. The van der Waals surface area contributed by atoms with Gasteiger partial charge in [0.2, 0.25) is 0 Å². The monoisotopic (exact) mass is 227 g/mol. The van der Waals surface area contributed by atoms with Crippen LogP contribution < -0.4 is 5.32 Å². The maximum absolute atomic E-state index is 5.26. The first kappa shape index (κ1) is 9.86. The Kier molecular flexibility index (Phi) is 2.98. The van der Waals surface area contributed by atoms with E-state index in [0.29, 0.717) is 6.04 Å². The van der Waals surface area contributed by atoms with E-state index in [2.05, 4.69) is 15.7 Å². The molecule has 1 aromatic rings. The molecule has 0 aromatic carbocycles. The molecule has 3 nitrogen and oxygen atoms in total. The number of hydrogen-bond acceptors (Lipinski definition) is 3. The minimum absolute atomic E-state index is 0.625. The van der Waals surface area contributed by atoms with Gasteiger partial charge in [-0.15, -0.1) is 11.3 Å². The van der Waals surface area contributed by atoms with E-state index >= 15 is 0 Å². The average Bonchev–Trinajstić information content (AvgIpc) is 2.81. The van der Waals surface area contributed by atoms with Crippen molar-refractivity contribution in [2.75, 3.05) is 7.05 Å². The minimum Gasteiger partial charge on any atom is -0.360 e. The summed E-state index contributed by atoms with van der Waals surface area (Å²) >= 11 is 6.87. The molecule has 1 saturated carbocycles. The summed E-state index contributed by atoms with van der Waals surface area (Å²) in [5.41, 5.74) is 2.93. The van der Waals surface area contributed by atoms with E-state index in [1.165, 1.54) is 12.8 Å². The number of thiazole rings is 1. The van der Waals surface area contributed by atoms with Gasteiger partial charge in [-0.25, -0.2) is 4.98 Å². The summed E-state index contributed by atoms with van der Waals surface area (Å²) in [5, 5.41) is 6.18. The molecule has 0 aliphatic heterocycles. The molecule has 1 N–H and O–H groups in total. The first-order valence-electron chi connectivity index (χ1n) is 4.64. The van der Waals surface area contributed by atoms with Crippen molar-refractivity contribution in [2.45, 2.75) is 25.4 Å². The van der Waals surface area contributed by atoms with E-state index in [1.807, 2.05) is 17.5 Å². The molecule has 2 rings (SSSR count). The van der Waals surface area contributed by atoms with Gasteiger partial charge in [-0.3, -0.25) is 0 Å². The molecule has 0 atom stereocenters. The number of hydrogen-bond donors (Lipinski definition) is 1. The van der Waals surface area contributed by atoms with Gasteiger partial charge in [0.15, 0.2) is 5.11 Å². The number of nitrogens with one attached hydrogen (secondary N) is 1. The summed E-state index contributed by atoms with van der Waals surface area (Å²) in [6.07, 6.45) is 2.51. The summed E-state index contributed by atoms with van der Waals surface area (Å²) in [7, 11) is 2.00. The molecule has 5 heteroatoms. The Bertz CT molecular complexity index is 306. The molecular formula is C9H13N3S2. The summed E-state index contributed by atoms with van der Waals surface area (Å²) in [5.74, 6) is 0. The molecule has 1 aliphatic rings.